The van der Waals surface area contributed by atoms with E-state index in [-0.39, 0.29) is 21.4 Å². The maximum Gasteiger partial charge on any atom is 0.264 e. The van der Waals surface area contributed by atoms with E-state index in [0.717, 1.165) is 4.31 Å². The molecule has 4 rings (SSSR count). The minimum absolute atomic E-state index is 0.0126. The summed E-state index contributed by atoms with van der Waals surface area (Å²) in [6, 6.07) is 16.4. The van der Waals surface area contributed by atoms with E-state index >= 15 is 0 Å². The van der Waals surface area contributed by atoms with Crippen LogP contribution < -0.4 is 4.31 Å². The predicted octanol–water partition coefficient (Wildman–Crippen LogP) is 4.24. The number of anilines is 1. The normalized spacial score (nSPS) is 18.5. The molecule has 174 valence electrons. The fraction of sp³-hybridized carbons (Fsp3) is 0.217. The van der Waals surface area contributed by atoms with Crippen LogP contribution in [0.3, 0.4) is 0 Å². The molecular weight excluding hydrogens is 487 g/mol. The average molecular weight is 509 g/mol. The van der Waals surface area contributed by atoms with Gasteiger partial charge in [-0.1, -0.05) is 35.9 Å². The highest BCUT2D eigenvalue weighted by Crippen LogP contribution is 2.47. The Morgan fingerprint density at radius 1 is 0.909 bits per heavy atom. The van der Waals surface area contributed by atoms with Gasteiger partial charge in [0.05, 0.1) is 15.5 Å². The van der Waals surface area contributed by atoms with Gasteiger partial charge in [0.25, 0.3) is 10.0 Å². The van der Waals surface area contributed by atoms with Gasteiger partial charge in [0.15, 0.2) is 0 Å². The molecule has 0 aliphatic carbocycles. The van der Waals surface area contributed by atoms with Gasteiger partial charge in [-0.3, -0.25) is 4.31 Å². The second-order valence-corrected chi connectivity index (χ2v) is 12.7. The number of benzene rings is 3. The Labute approximate surface area is 198 Å². The molecule has 1 unspecified atom stereocenters. The largest absolute Gasteiger partial charge is 0.265 e. The second kappa shape index (κ2) is 8.09. The summed E-state index contributed by atoms with van der Waals surface area (Å²) >= 11 is 5.92. The Hall–Kier alpha value is -2.46. The van der Waals surface area contributed by atoms with Crippen LogP contribution in [0.5, 0.6) is 0 Å². The second-order valence-electron chi connectivity index (χ2n) is 8.24. The molecule has 0 aromatic heterocycles. The summed E-state index contributed by atoms with van der Waals surface area (Å²) < 4.78 is 69.1. The zero-order valence-corrected chi connectivity index (χ0v) is 20.5. The van der Waals surface area contributed by atoms with Crippen LogP contribution in [-0.4, -0.2) is 41.8 Å². The summed E-state index contributed by atoms with van der Waals surface area (Å²) in [6.45, 7) is 1.77. The van der Waals surface area contributed by atoms with Crippen LogP contribution in [-0.2, 0) is 25.5 Å². The molecule has 1 heterocycles. The molecule has 0 bridgehead atoms. The van der Waals surface area contributed by atoms with Gasteiger partial charge < -0.3 is 0 Å². The first-order valence-electron chi connectivity index (χ1n) is 9.99. The SMILES string of the molecule is CN(C)S(=O)(=O)c1ccc(S(=O)(=O)N2CC(C)(c3ccc(Cl)cc3F)c3ccccc32)cc1. The number of rotatable bonds is 5. The smallest absolute Gasteiger partial charge is 0.264 e. The van der Waals surface area contributed by atoms with E-state index in [1.807, 2.05) is 0 Å². The Morgan fingerprint density at radius 3 is 2.12 bits per heavy atom. The molecule has 1 atom stereocenters. The van der Waals surface area contributed by atoms with E-state index in [9.17, 15) is 21.2 Å². The van der Waals surface area contributed by atoms with Crippen molar-refractivity contribution in [2.75, 3.05) is 24.9 Å². The quantitative estimate of drug-likeness (QED) is 0.516. The van der Waals surface area contributed by atoms with E-state index in [1.54, 1.807) is 43.3 Å². The van der Waals surface area contributed by atoms with Crippen molar-refractivity contribution in [2.45, 2.75) is 22.1 Å². The topological polar surface area (TPSA) is 74.8 Å². The molecule has 10 heteroatoms. The van der Waals surface area contributed by atoms with Crippen molar-refractivity contribution in [3.63, 3.8) is 0 Å². The molecule has 0 fully saturated rings. The lowest BCUT2D eigenvalue weighted by Crippen LogP contribution is -2.36. The summed E-state index contributed by atoms with van der Waals surface area (Å²) in [6.07, 6.45) is 0. The van der Waals surface area contributed by atoms with Gasteiger partial charge >= 0.3 is 0 Å². The van der Waals surface area contributed by atoms with Crippen LogP contribution in [0.25, 0.3) is 0 Å². The first-order chi connectivity index (χ1) is 15.4. The zero-order chi connectivity index (χ0) is 24.2. The third-order valence-corrected chi connectivity index (χ3v) is 9.78. The number of hydrogen-bond donors (Lipinski definition) is 0. The van der Waals surface area contributed by atoms with Crippen molar-refractivity contribution >= 4 is 37.3 Å². The van der Waals surface area contributed by atoms with Gasteiger partial charge in [-0.2, -0.15) is 0 Å². The third-order valence-electron chi connectivity index (χ3n) is 5.94. The summed E-state index contributed by atoms with van der Waals surface area (Å²) in [5.74, 6) is -0.516. The van der Waals surface area contributed by atoms with Crippen molar-refractivity contribution in [1.82, 2.24) is 4.31 Å². The van der Waals surface area contributed by atoms with Gasteiger partial charge in [0, 0.05) is 36.6 Å². The van der Waals surface area contributed by atoms with E-state index in [0.29, 0.717) is 16.8 Å². The fourth-order valence-electron chi connectivity index (χ4n) is 4.12. The summed E-state index contributed by atoms with van der Waals surface area (Å²) in [5.41, 5.74) is 0.498. The van der Waals surface area contributed by atoms with Gasteiger partial charge in [-0.05, 0) is 55.0 Å². The van der Waals surface area contributed by atoms with E-state index in [1.165, 1.54) is 48.7 Å². The summed E-state index contributed by atoms with van der Waals surface area (Å²) in [4.78, 5) is -0.0721. The highest BCUT2D eigenvalue weighted by Gasteiger charge is 2.46. The Morgan fingerprint density at radius 2 is 1.52 bits per heavy atom. The molecular formula is C23H22ClFN2O4S2. The fourth-order valence-corrected chi connectivity index (χ4v) is 6.76. The standard InChI is InChI=1S/C23H22ClFN2O4S2/c1-23(19-13-8-16(24)14-21(19)25)15-27(22-7-5-4-6-20(22)23)33(30,31)18-11-9-17(10-12-18)32(28,29)26(2)3/h4-14H,15H2,1-3H3. The molecule has 0 saturated carbocycles. The van der Waals surface area contributed by atoms with Gasteiger partial charge in [-0.25, -0.2) is 25.5 Å². The number of hydrogen-bond acceptors (Lipinski definition) is 4. The zero-order valence-electron chi connectivity index (χ0n) is 18.2. The number of halogens is 2. The van der Waals surface area contributed by atoms with Crippen LogP contribution in [0.2, 0.25) is 5.02 Å². The predicted molar refractivity (Wildman–Crippen MR) is 126 cm³/mol. The minimum atomic E-state index is -4.06. The van der Waals surface area contributed by atoms with E-state index in [4.69, 9.17) is 11.6 Å². The molecule has 3 aromatic carbocycles. The molecule has 1 aliphatic rings. The molecule has 6 nitrogen and oxygen atoms in total. The highest BCUT2D eigenvalue weighted by molar-refractivity contribution is 7.93. The maximum absolute atomic E-state index is 14.9. The molecule has 1 aliphatic heterocycles. The average Bonchev–Trinajstić information content (AvgIpc) is 3.08. The monoisotopic (exact) mass is 508 g/mol. The van der Waals surface area contributed by atoms with Crippen LogP contribution in [0.1, 0.15) is 18.1 Å². The molecule has 3 aromatic rings. The van der Waals surface area contributed by atoms with E-state index < -0.39 is 31.3 Å². The van der Waals surface area contributed by atoms with Crippen molar-refractivity contribution in [1.29, 1.82) is 0 Å². The lowest BCUT2D eigenvalue weighted by atomic mass is 9.78. The summed E-state index contributed by atoms with van der Waals surface area (Å²) in [7, 11) is -4.95. The number of para-hydroxylation sites is 1. The van der Waals surface area contributed by atoms with Crippen molar-refractivity contribution < 1.29 is 21.2 Å². The molecule has 0 spiro atoms. The first kappa shape index (κ1) is 23.7. The lowest BCUT2D eigenvalue weighted by Gasteiger charge is -2.27. The maximum atomic E-state index is 14.9. The lowest BCUT2D eigenvalue weighted by molar-refractivity contribution is 0.520. The molecule has 0 radical (unpaired) electrons. The Balaban J connectivity index is 1.80. The molecule has 0 N–H and O–H groups in total. The number of nitrogens with zero attached hydrogens (tertiary/aromatic N) is 2. The minimum Gasteiger partial charge on any atom is -0.265 e. The van der Waals surface area contributed by atoms with Crippen LogP contribution in [0.15, 0.2) is 76.5 Å². The third kappa shape index (κ3) is 3.82. The number of sulfonamides is 2. The Bertz CT molecular complexity index is 1440. The van der Waals surface area contributed by atoms with Crippen LogP contribution in [0.4, 0.5) is 10.1 Å². The molecule has 0 saturated heterocycles. The van der Waals surface area contributed by atoms with Gasteiger partial charge in [0.2, 0.25) is 10.0 Å². The molecule has 33 heavy (non-hydrogen) atoms. The van der Waals surface area contributed by atoms with Crippen LogP contribution >= 0.6 is 11.6 Å². The van der Waals surface area contributed by atoms with Gasteiger partial charge in [0.1, 0.15) is 5.82 Å². The van der Waals surface area contributed by atoms with E-state index in [2.05, 4.69) is 0 Å². The van der Waals surface area contributed by atoms with Crippen molar-refractivity contribution in [3.05, 3.63) is 88.7 Å². The Kier molecular flexibility index (Phi) is 5.81. The van der Waals surface area contributed by atoms with Crippen molar-refractivity contribution in [3.8, 4) is 0 Å². The molecule has 0 amide bonds. The van der Waals surface area contributed by atoms with Crippen LogP contribution in [0, 0.1) is 5.82 Å². The first-order valence-corrected chi connectivity index (χ1v) is 13.3. The van der Waals surface area contributed by atoms with Gasteiger partial charge in [-0.15, -0.1) is 0 Å². The van der Waals surface area contributed by atoms with Crippen molar-refractivity contribution in [2.24, 2.45) is 0 Å². The highest BCUT2D eigenvalue weighted by atomic mass is 35.5. The number of fused-ring (bicyclic) bond motifs is 1. The summed E-state index contributed by atoms with van der Waals surface area (Å²) in [5, 5.41) is 0.253.